The topological polar surface area (TPSA) is 69.1 Å². The monoisotopic (exact) mass is 331 g/mol. The molecule has 0 radical (unpaired) electrons. The summed E-state index contributed by atoms with van der Waals surface area (Å²) in [6.07, 6.45) is 0.810. The molecule has 2 aliphatic rings. The lowest BCUT2D eigenvalue weighted by molar-refractivity contribution is 0.174. The van der Waals surface area contributed by atoms with Crippen molar-refractivity contribution < 1.29 is 9.47 Å². The van der Waals surface area contributed by atoms with Crippen molar-refractivity contribution in [2.24, 2.45) is 0 Å². The van der Waals surface area contributed by atoms with E-state index in [0.29, 0.717) is 34.8 Å². The Bertz CT molecular complexity index is 1250. The molecular weight excluding hydrogens is 318 g/mol. The predicted molar refractivity (Wildman–Crippen MR) is 93.1 cm³/mol. The Morgan fingerprint density at radius 2 is 1.92 bits per heavy atom. The molecule has 0 unspecified atom stereocenters. The normalized spacial score (nSPS) is 14.7. The fourth-order valence-corrected chi connectivity index (χ4v) is 3.88. The van der Waals surface area contributed by atoms with Crippen LogP contribution in [-0.4, -0.2) is 21.3 Å². The third-order valence-corrected chi connectivity index (χ3v) is 5.07. The number of aromatic nitrogens is 3. The first-order valence-corrected chi connectivity index (χ1v) is 8.24. The van der Waals surface area contributed by atoms with Gasteiger partial charge in [-0.3, -0.25) is 9.36 Å². The third kappa shape index (κ3) is 1.63. The van der Waals surface area contributed by atoms with Gasteiger partial charge < -0.3 is 14.5 Å². The molecule has 2 aromatic carbocycles. The van der Waals surface area contributed by atoms with Crippen molar-refractivity contribution in [3.8, 4) is 23.0 Å². The second-order valence-electron chi connectivity index (χ2n) is 6.39. The molecule has 0 saturated heterocycles. The van der Waals surface area contributed by atoms with Gasteiger partial charge in [-0.25, -0.2) is 4.98 Å². The number of nitrogens with one attached hydrogen (secondary N) is 1. The van der Waals surface area contributed by atoms with Gasteiger partial charge in [0, 0.05) is 23.5 Å². The largest absolute Gasteiger partial charge is 0.454 e. The van der Waals surface area contributed by atoms with E-state index in [0.717, 1.165) is 17.6 Å². The lowest BCUT2D eigenvalue weighted by Crippen LogP contribution is -2.27. The maximum Gasteiger partial charge on any atom is 0.261 e. The number of aromatic amines is 1. The molecule has 1 N–H and O–H groups in total. The van der Waals surface area contributed by atoms with Gasteiger partial charge in [-0.05, 0) is 24.1 Å². The Morgan fingerprint density at radius 1 is 1.08 bits per heavy atom. The average Bonchev–Trinajstić information content (AvgIpc) is 3.24. The Labute approximate surface area is 141 Å². The molecule has 6 nitrogen and oxygen atoms in total. The number of H-pyrrole nitrogens is 1. The predicted octanol–water partition coefficient (Wildman–Crippen LogP) is 2.83. The number of aryl methyl sites for hydroxylation is 1. The second kappa shape index (κ2) is 4.42. The highest BCUT2D eigenvalue weighted by molar-refractivity contribution is 5.91. The van der Waals surface area contributed by atoms with Crippen molar-refractivity contribution in [1.82, 2.24) is 14.5 Å². The van der Waals surface area contributed by atoms with Crippen LogP contribution >= 0.6 is 0 Å². The van der Waals surface area contributed by atoms with Gasteiger partial charge in [0.25, 0.3) is 5.56 Å². The first-order chi connectivity index (χ1) is 12.3. The smallest absolute Gasteiger partial charge is 0.261 e. The van der Waals surface area contributed by atoms with Crippen molar-refractivity contribution in [3.05, 3.63) is 52.3 Å². The Balaban J connectivity index is 1.71. The van der Waals surface area contributed by atoms with Crippen LogP contribution in [-0.2, 0) is 13.0 Å². The van der Waals surface area contributed by atoms with E-state index >= 15 is 0 Å². The summed E-state index contributed by atoms with van der Waals surface area (Å²) < 4.78 is 12.6. The molecule has 4 aromatic rings. The molecule has 6 heteroatoms. The van der Waals surface area contributed by atoms with Crippen LogP contribution in [0.5, 0.6) is 11.5 Å². The van der Waals surface area contributed by atoms with Gasteiger partial charge in [-0.1, -0.05) is 18.2 Å². The minimum absolute atomic E-state index is 0.0393. The van der Waals surface area contributed by atoms with Gasteiger partial charge in [0.15, 0.2) is 17.3 Å². The minimum atomic E-state index is -0.0393. The lowest BCUT2D eigenvalue weighted by Gasteiger charge is -2.18. The summed E-state index contributed by atoms with van der Waals surface area (Å²) in [7, 11) is 0. The van der Waals surface area contributed by atoms with Gasteiger partial charge in [0.1, 0.15) is 0 Å². The lowest BCUT2D eigenvalue weighted by atomic mass is 10.0. The standard InChI is InChI=1S/C19H13N3O3/c23-19-12-7-15-16(25-9-24-15)8-14(12)21-18-17-11(5-6-22(18)19)10-3-1-2-4-13(10)20-17/h1-4,7-8,20H,5-6,9H2. The van der Waals surface area contributed by atoms with Crippen molar-refractivity contribution in [2.75, 3.05) is 6.79 Å². The zero-order valence-corrected chi connectivity index (χ0v) is 13.2. The minimum Gasteiger partial charge on any atom is -0.454 e. The summed E-state index contributed by atoms with van der Waals surface area (Å²) >= 11 is 0. The van der Waals surface area contributed by atoms with Crippen LogP contribution in [0.1, 0.15) is 5.56 Å². The van der Waals surface area contributed by atoms with E-state index in [1.807, 2.05) is 12.1 Å². The molecule has 0 amide bonds. The number of ether oxygens (including phenoxy) is 2. The van der Waals surface area contributed by atoms with E-state index in [-0.39, 0.29) is 12.4 Å². The van der Waals surface area contributed by atoms with Crippen LogP contribution in [0.4, 0.5) is 0 Å². The molecule has 122 valence electrons. The third-order valence-electron chi connectivity index (χ3n) is 5.07. The number of para-hydroxylation sites is 1. The maximum atomic E-state index is 13.0. The van der Waals surface area contributed by atoms with Crippen molar-refractivity contribution in [2.45, 2.75) is 13.0 Å². The SMILES string of the molecule is O=c1c2cc3c(cc2nc2n1CCc1c-2[nH]c2ccccc12)OCO3. The molecule has 4 heterocycles. The summed E-state index contributed by atoms with van der Waals surface area (Å²) in [6, 6.07) is 11.7. The zero-order valence-electron chi connectivity index (χ0n) is 13.2. The Morgan fingerprint density at radius 3 is 2.84 bits per heavy atom. The number of rotatable bonds is 0. The zero-order chi connectivity index (χ0) is 16.5. The fraction of sp³-hybridized carbons (Fsp3) is 0.158. The summed E-state index contributed by atoms with van der Waals surface area (Å²) in [4.78, 5) is 21.2. The molecule has 2 aliphatic heterocycles. The van der Waals surface area contributed by atoms with E-state index in [2.05, 4.69) is 17.1 Å². The Kier molecular flexibility index (Phi) is 2.31. The number of hydrogen-bond donors (Lipinski definition) is 1. The van der Waals surface area contributed by atoms with Gasteiger partial charge in [-0.2, -0.15) is 0 Å². The second-order valence-corrected chi connectivity index (χ2v) is 6.39. The molecule has 0 aliphatic carbocycles. The molecule has 0 spiro atoms. The number of benzene rings is 2. The van der Waals surface area contributed by atoms with Crippen LogP contribution in [0.15, 0.2) is 41.2 Å². The molecule has 0 atom stereocenters. The van der Waals surface area contributed by atoms with Crippen LogP contribution in [0.2, 0.25) is 0 Å². The highest BCUT2D eigenvalue weighted by Gasteiger charge is 2.25. The van der Waals surface area contributed by atoms with E-state index in [1.165, 1.54) is 10.9 Å². The van der Waals surface area contributed by atoms with Crippen LogP contribution in [0.3, 0.4) is 0 Å². The van der Waals surface area contributed by atoms with Gasteiger partial charge >= 0.3 is 0 Å². The van der Waals surface area contributed by atoms with E-state index < -0.39 is 0 Å². The first kappa shape index (κ1) is 13.1. The van der Waals surface area contributed by atoms with Crippen molar-refractivity contribution in [3.63, 3.8) is 0 Å². The molecule has 0 fully saturated rings. The first-order valence-electron chi connectivity index (χ1n) is 8.24. The van der Waals surface area contributed by atoms with E-state index in [9.17, 15) is 4.79 Å². The highest BCUT2D eigenvalue weighted by Crippen LogP contribution is 2.37. The fourth-order valence-electron chi connectivity index (χ4n) is 3.88. The molecule has 0 saturated carbocycles. The van der Waals surface area contributed by atoms with Crippen LogP contribution in [0, 0.1) is 0 Å². The summed E-state index contributed by atoms with van der Waals surface area (Å²) in [5.41, 5.74) is 3.82. The summed E-state index contributed by atoms with van der Waals surface area (Å²) in [5, 5.41) is 1.76. The molecule has 25 heavy (non-hydrogen) atoms. The van der Waals surface area contributed by atoms with Gasteiger partial charge in [0.2, 0.25) is 6.79 Å². The average molecular weight is 331 g/mol. The van der Waals surface area contributed by atoms with Gasteiger partial charge in [0.05, 0.1) is 16.6 Å². The quantitative estimate of drug-likeness (QED) is 0.538. The molecule has 2 aromatic heterocycles. The molecule has 6 rings (SSSR count). The summed E-state index contributed by atoms with van der Waals surface area (Å²) in [6.45, 7) is 0.805. The number of hydrogen-bond acceptors (Lipinski definition) is 4. The maximum absolute atomic E-state index is 13.0. The molecular formula is C19H13N3O3. The Hall–Kier alpha value is -3.28. The highest BCUT2D eigenvalue weighted by atomic mass is 16.7. The van der Waals surface area contributed by atoms with Gasteiger partial charge in [-0.15, -0.1) is 0 Å². The van der Waals surface area contributed by atoms with Crippen LogP contribution < -0.4 is 15.0 Å². The van der Waals surface area contributed by atoms with Crippen LogP contribution in [0.25, 0.3) is 33.3 Å². The van der Waals surface area contributed by atoms with Crippen molar-refractivity contribution in [1.29, 1.82) is 0 Å². The van der Waals surface area contributed by atoms with E-state index in [1.54, 1.807) is 16.7 Å². The van der Waals surface area contributed by atoms with E-state index in [4.69, 9.17) is 14.5 Å². The number of nitrogens with zero attached hydrogens (tertiary/aromatic N) is 2. The number of fused-ring (bicyclic) bond motifs is 7. The summed E-state index contributed by atoms with van der Waals surface area (Å²) in [5.74, 6) is 1.93. The van der Waals surface area contributed by atoms with Crippen molar-refractivity contribution >= 4 is 21.8 Å². The molecule has 0 bridgehead atoms.